The van der Waals surface area contributed by atoms with Crippen LogP contribution in [-0.2, 0) is 4.74 Å². The summed E-state index contributed by atoms with van der Waals surface area (Å²) in [6, 6.07) is 12.4. The number of hydrogen-bond donors (Lipinski definition) is 0. The standard InChI is InChI=1S/C28H26F3N5O3/c1-15-14-37-12-10-20(15)36-23-18(29)6-4-7-19(23)32-28(36)38-16-9-11-35(13-16)27-24-22(33-26(34-27)25(30)31)17-5-2-3-8-21(17)39-24/h2-8,15-16,20,25H,9-14H2,1H3/t15-,16-,20-/m0/s1. The molecule has 3 atom stereocenters. The molecule has 3 aromatic heterocycles. The van der Waals surface area contributed by atoms with E-state index in [-0.39, 0.29) is 23.9 Å². The van der Waals surface area contributed by atoms with Gasteiger partial charge in [-0.3, -0.25) is 4.57 Å². The summed E-state index contributed by atoms with van der Waals surface area (Å²) in [7, 11) is 0. The number of aromatic nitrogens is 4. The molecule has 202 valence electrons. The van der Waals surface area contributed by atoms with Gasteiger partial charge in [-0.2, -0.15) is 4.98 Å². The molecule has 0 radical (unpaired) electrons. The number of alkyl halides is 2. The Bertz CT molecular complexity index is 1690. The summed E-state index contributed by atoms with van der Waals surface area (Å²) in [5.74, 6) is -0.433. The molecule has 0 N–H and O–H groups in total. The number of halogens is 3. The topological polar surface area (TPSA) is 78.4 Å². The van der Waals surface area contributed by atoms with E-state index in [9.17, 15) is 8.78 Å². The molecule has 2 saturated heterocycles. The maximum absolute atomic E-state index is 15.0. The van der Waals surface area contributed by atoms with Crippen LogP contribution in [0.1, 0.15) is 38.1 Å². The SMILES string of the molecule is C[C@H]1COCC[C@@H]1n1c(O[C@H]2CCN(c3nc(C(F)F)nc4c3oc3ccccc34)C2)nc2cccc(F)c21. The van der Waals surface area contributed by atoms with Crippen LogP contribution < -0.4 is 9.64 Å². The smallest absolute Gasteiger partial charge is 0.298 e. The molecule has 11 heteroatoms. The lowest BCUT2D eigenvalue weighted by molar-refractivity contribution is 0.0259. The zero-order chi connectivity index (χ0) is 26.7. The van der Waals surface area contributed by atoms with Crippen molar-refractivity contribution in [2.45, 2.75) is 38.3 Å². The molecule has 5 heterocycles. The summed E-state index contributed by atoms with van der Waals surface area (Å²) in [4.78, 5) is 14.9. The van der Waals surface area contributed by atoms with Crippen LogP contribution in [-0.4, -0.2) is 51.9 Å². The average molecular weight is 538 g/mol. The molecular weight excluding hydrogens is 511 g/mol. The number of fused-ring (bicyclic) bond motifs is 4. The average Bonchev–Trinajstić information content (AvgIpc) is 3.64. The van der Waals surface area contributed by atoms with E-state index in [0.717, 1.165) is 6.42 Å². The Balaban J connectivity index is 1.24. The summed E-state index contributed by atoms with van der Waals surface area (Å²) in [5.41, 5.74) is 2.23. The number of para-hydroxylation sites is 2. The third-order valence-electron chi connectivity index (χ3n) is 7.69. The molecule has 0 unspecified atom stereocenters. The van der Waals surface area contributed by atoms with Crippen LogP contribution in [0.3, 0.4) is 0 Å². The molecule has 2 aliphatic rings. The highest BCUT2D eigenvalue weighted by atomic mass is 19.3. The van der Waals surface area contributed by atoms with Crippen LogP contribution in [0.4, 0.5) is 19.0 Å². The molecule has 7 rings (SSSR count). The number of nitrogens with zero attached hydrogens (tertiary/aromatic N) is 5. The highest BCUT2D eigenvalue weighted by Gasteiger charge is 2.34. The third kappa shape index (κ3) is 4.07. The zero-order valence-corrected chi connectivity index (χ0v) is 21.2. The number of ether oxygens (including phenoxy) is 2. The van der Waals surface area contributed by atoms with Gasteiger partial charge >= 0.3 is 0 Å². The van der Waals surface area contributed by atoms with Crippen molar-refractivity contribution < 1.29 is 27.1 Å². The van der Waals surface area contributed by atoms with Crippen LogP contribution in [0.2, 0.25) is 0 Å². The Hall–Kier alpha value is -3.86. The first kappa shape index (κ1) is 24.2. The maximum Gasteiger partial charge on any atom is 0.298 e. The Morgan fingerprint density at radius 3 is 2.77 bits per heavy atom. The van der Waals surface area contributed by atoms with Gasteiger partial charge in [0.1, 0.15) is 28.5 Å². The Morgan fingerprint density at radius 1 is 1.05 bits per heavy atom. The van der Waals surface area contributed by atoms with Gasteiger partial charge in [0.2, 0.25) is 0 Å². The maximum atomic E-state index is 15.0. The van der Waals surface area contributed by atoms with E-state index in [1.807, 2.05) is 21.6 Å². The molecule has 0 aliphatic carbocycles. The predicted octanol–water partition coefficient (Wildman–Crippen LogP) is 6.06. The molecule has 0 saturated carbocycles. The van der Waals surface area contributed by atoms with E-state index in [1.54, 1.807) is 24.3 Å². The van der Waals surface area contributed by atoms with E-state index in [4.69, 9.17) is 13.9 Å². The Morgan fingerprint density at radius 2 is 1.92 bits per heavy atom. The van der Waals surface area contributed by atoms with Crippen molar-refractivity contribution in [2.24, 2.45) is 5.92 Å². The minimum Gasteiger partial charge on any atom is -0.459 e. The molecule has 2 aromatic carbocycles. The van der Waals surface area contributed by atoms with Gasteiger partial charge in [-0.25, -0.2) is 23.1 Å². The molecule has 8 nitrogen and oxygen atoms in total. The molecule has 0 spiro atoms. The number of rotatable bonds is 5. The van der Waals surface area contributed by atoms with Gasteiger partial charge in [-0.1, -0.05) is 25.1 Å². The van der Waals surface area contributed by atoms with E-state index in [2.05, 4.69) is 21.9 Å². The zero-order valence-electron chi connectivity index (χ0n) is 21.2. The monoisotopic (exact) mass is 537 g/mol. The summed E-state index contributed by atoms with van der Waals surface area (Å²) in [5, 5.41) is 0.659. The Kier molecular flexibility index (Phi) is 5.84. The van der Waals surface area contributed by atoms with Gasteiger partial charge in [-0.15, -0.1) is 0 Å². The third-order valence-corrected chi connectivity index (χ3v) is 7.69. The lowest BCUT2D eigenvalue weighted by atomic mass is 9.97. The van der Waals surface area contributed by atoms with Gasteiger partial charge in [-0.05, 0) is 30.7 Å². The van der Waals surface area contributed by atoms with Gasteiger partial charge in [0.15, 0.2) is 17.2 Å². The van der Waals surface area contributed by atoms with Gasteiger partial charge in [0.05, 0.1) is 18.7 Å². The quantitative estimate of drug-likeness (QED) is 0.270. The largest absolute Gasteiger partial charge is 0.459 e. The number of hydrogen-bond acceptors (Lipinski definition) is 7. The van der Waals surface area contributed by atoms with Gasteiger partial charge in [0, 0.05) is 36.9 Å². The molecule has 2 aliphatic heterocycles. The minimum atomic E-state index is -2.83. The van der Waals surface area contributed by atoms with Crippen LogP contribution in [0.25, 0.3) is 33.1 Å². The lowest BCUT2D eigenvalue weighted by Gasteiger charge is -2.31. The molecule has 39 heavy (non-hydrogen) atoms. The van der Waals surface area contributed by atoms with E-state index < -0.39 is 12.2 Å². The second-order valence-corrected chi connectivity index (χ2v) is 10.2. The second-order valence-electron chi connectivity index (χ2n) is 10.2. The van der Waals surface area contributed by atoms with Crippen molar-refractivity contribution in [2.75, 3.05) is 31.2 Å². The number of furan rings is 1. The van der Waals surface area contributed by atoms with Crippen molar-refractivity contribution in [1.82, 2.24) is 19.5 Å². The summed E-state index contributed by atoms with van der Waals surface area (Å²) < 4.78 is 62.5. The molecular formula is C28H26F3N5O3. The first-order valence-electron chi connectivity index (χ1n) is 13.1. The predicted molar refractivity (Wildman–Crippen MR) is 139 cm³/mol. The van der Waals surface area contributed by atoms with E-state index in [0.29, 0.717) is 77.7 Å². The fraction of sp³-hybridized carbons (Fsp3) is 0.393. The summed E-state index contributed by atoms with van der Waals surface area (Å²) in [6.07, 6.45) is -1.82. The Labute approximate surface area is 221 Å². The highest BCUT2D eigenvalue weighted by molar-refractivity contribution is 6.05. The number of imidazole rings is 1. The molecule has 2 fully saturated rings. The molecule has 5 aromatic rings. The second kappa shape index (κ2) is 9.41. The van der Waals surface area contributed by atoms with E-state index >= 15 is 4.39 Å². The van der Waals surface area contributed by atoms with Crippen molar-refractivity contribution in [1.29, 1.82) is 0 Å². The van der Waals surface area contributed by atoms with Crippen LogP contribution in [0, 0.1) is 11.7 Å². The number of anilines is 1. The highest BCUT2D eigenvalue weighted by Crippen LogP contribution is 2.38. The van der Waals surface area contributed by atoms with Crippen LogP contribution in [0.5, 0.6) is 6.01 Å². The first-order valence-corrected chi connectivity index (χ1v) is 13.1. The summed E-state index contributed by atoms with van der Waals surface area (Å²) >= 11 is 0. The fourth-order valence-corrected chi connectivity index (χ4v) is 5.80. The fourth-order valence-electron chi connectivity index (χ4n) is 5.80. The normalized spacial score (nSPS) is 22.1. The van der Waals surface area contributed by atoms with Crippen LogP contribution >= 0.6 is 0 Å². The number of benzene rings is 2. The first-order chi connectivity index (χ1) is 19.0. The van der Waals surface area contributed by atoms with Crippen molar-refractivity contribution in [3.63, 3.8) is 0 Å². The molecule has 0 bridgehead atoms. The van der Waals surface area contributed by atoms with Gasteiger partial charge in [0.25, 0.3) is 12.4 Å². The molecule has 0 amide bonds. The van der Waals surface area contributed by atoms with E-state index in [1.165, 1.54) is 6.07 Å². The van der Waals surface area contributed by atoms with Crippen molar-refractivity contribution >= 4 is 38.9 Å². The van der Waals surface area contributed by atoms with Crippen molar-refractivity contribution in [3.8, 4) is 6.01 Å². The van der Waals surface area contributed by atoms with Crippen molar-refractivity contribution in [3.05, 3.63) is 54.1 Å². The minimum absolute atomic E-state index is 0.0289. The van der Waals surface area contributed by atoms with Gasteiger partial charge < -0.3 is 18.8 Å². The van der Waals surface area contributed by atoms with Crippen LogP contribution in [0.15, 0.2) is 46.9 Å². The lowest BCUT2D eigenvalue weighted by Crippen LogP contribution is -2.30. The summed E-state index contributed by atoms with van der Waals surface area (Å²) in [6.45, 7) is 4.11.